The van der Waals surface area contributed by atoms with Crippen LogP contribution in [0.2, 0.25) is 5.02 Å². The number of anilines is 1. The molecular weight excluding hydrogens is 353 g/mol. The molecule has 2 aliphatic rings. The van der Waals surface area contributed by atoms with E-state index in [0.717, 1.165) is 17.7 Å². The van der Waals surface area contributed by atoms with E-state index in [1.54, 1.807) is 18.2 Å². The van der Waals surface area contributed by atoms with E-state index in [4.69, 9.17) is 28.3 Å². The number of halogens is 2. The summed E-state index contributed by atoms with van der Waals surface area (Å²) in [7, 11) is 0. The summed E-state index contributed by atoms with van der Waals surface area (Å²) in [4.78, 5) is 37.2. The van der Waals surface area contributed by atoms with E-state index in [-0.39, 0.29) is 18.2 Å². The van der Waals surface area contributed by atoms with Crippen molar-refractivity contribution < 1.29 is 19.5 Å². The first-order valence-corrected chi connectivity index (χ1v) is 8.47. The normalized spacial score (nSPS) is 18.8. The van der Waals surface area contributed by atoms with Crippen molar-refractivity contribution in [1.82, 2.24) is 0 Å². The van der Waals surface area contributed by atoms with Crippen LogP contribution in [0.5, 0.6) is 0 Å². The van der Waals surface area contributed by atoms with E-state index in [2.05, 4.69) is 0 Å². The zero-order chi connectivity index (χ0) is 17.4. The maximum Gasteiger partial charge on any atom is 0.321 e. The molecule has 0 aromatic heterocycles. The van der Waals surface area contributed by atoms with Gasteiger partial charge >= 0.3 is 5.97 Å². The molecule has 1 unspecified atom stereocenters. The van der Waals surface area contributed by atoms with E-state index in [1.165, 1.54) is 0 Å². The Morgan fingerprint density at radius 2 is 1.75 bits per heavy atom. The van der Waals surface area contributed by atoms with Gasteiger partial charge in [0.15, 0.2) is 0 Å². The molecule has 7 heteroatoms. The highest BCUT2D eigenvalue weighted by atomic mass is 35.5. The van der Waals surface area contributed by atoms with E-state index in [9.17, 15) is 14.4 Å². The molecule has 24 heavy (non-hydrogen) atoms. The first kappa shape index (κ1) is 17.0. The molecule has 1 aromatic rings. The molecule has 1 aliphatic carbocycles. The lowest BCUT2D eigenvalue weighted by Gasteiger charge is -2.17. The summed E-state index contributed by atoms with van der Waals surface area (Å²) in [6.45, 7) is 0. The minimum absolute atomic E-state index is 0.00687. The maximum absolute atomic E-state index is 12.6. The molecule has 2 amide bonds. The summed E-state index contributed by atoms with van der Waals surface area (Å²) in [6, 6.07) is 4.70. The molecule has 126 valence electrons. The summed E-state index contributed by atoms with van der Waals surface area (Å²) in [5.41, 5.74) is 2.09. The lowest BCUT2D eigenvalue weighted by Crippen LogP contribution is -2.31. The molecule has 1 N–H and O–H groups in total. The number of imide groups is 1. The lowest BCUT2D eigenvalue weighted by atomic mass is 9.93. The fourth-order valence-electron chi connectivity index (χ4n) is 3.11. The molecule has 0 saturated carbocycles. The first-order valence-electron chi connectivity index (χ1n) is 7.66. The van der Waals surface area contributed by atoms with Crippen LogP contribution in [0.4, 0.5) is 5.69 Å². The standard InChI is InChI=1S/C17H15Cl2NO4/c18-13-6-5-10(7-9(13)8-14(19)17(23)24)20-15(21)11-3-1-2-4-12(11)16(20)22/h5-7,14H,1-4,8H2,(H,23,24). The second kappa shape index (κ2) is 6.57. The van der Waals surface area contributed by atoms with Gasteiger partial charge in [0.05, 0.1) is 5.69 Å². The van der Waals surface area contributed by atoms with Crippen molar-refractivity contribution in [3.63, 3.8) is 0 Å². The van der Waals surface area contributed by atoms with E-state index >= 15 is 0 Å². The van der Waals surface area contributed by atoms with Gasteiger partial charge in [-0.05, 0) is 49.4 Å². The number of nitrogens with zero attached hydrogens (tertiary/aromatic N) is 1. The van der Waals surface area contributed by atoms with Crippen LogP contribution in [-0.4, -0.2) is 28.3 Å². The van der Waals surface area contributed by atoms with Crippen molar-refractivity contribution in [3.8, 4) is 0 Å². The van der Waals surface area contributed by atoms with Crippen LogP contribution in [0.1, 0.15) is 31.2 Å². The van der Waals surface area contributed by atoms with Crippen LogP contribution in [0.3, 0.4) is 0 Å². The van der Waals surface area contributed by atoms with Gasteiger partial charge in [-0.1, -0.05) is 11.6 Å². The van der Waals surface area contributed by atoms with Crippen molar-refractivity contribution in [3.05, 3.63) is 39.9 Å². The maximum atomic E-state index is 12.6. The Morgan fingerprint density at radius 1 is 1.17 bits per heavy atom. The lowest BCUT2D eigenvalue weighted by molar-refractivity contribution is -0.136. The second-order valence-electron chi connectivity index (χ2n) is 5.90. The molecule has 1 atom stereocenters. The summed E-state index contributed by atoms with van der Waals surface area (Å²) in [5, 5.41) is 8.16. The number of hydrogen-bond acceptors (Lipinski definition) is 3. The van der Waals surface area contributed by atoms with E-state index in [1.807, 2.05) is 0 Å². The Labute approximate surface area is 148 Å². The molecule has 1 aliphatic heterocycles. The summed E-state index contributed by atoms with van der Waals surface area (Å²) >= 11 is 11.9. The number of hydrogen-bond donors (Lipinski definition) is 1. The molecule has 0 saturated heterocycles. The smallest absolute Gasteiger partial charge is 0.321 e. The number of carbonyl (C=O) groups is 3. The highest BCUT2D eigenvalue weighted by Crippen LogP contribution is 2.36. The average Bonchev–Trinajstić information content (AvgIpc) is 2.81. The van der Waals surface area contributed by atoms with E-state index < -0.39 is 11.3 Å². The van der Waals surface area contributed by atoms with Gasteiger partial charge in [-0.2, -0.15) is 0 Å². The molecule has 0 radical (unpaired) electrons. The van der Waals surface area contributed by atoms with Crippen molar-refractivity contribution in [2.24, 2.45) is 0 Å². The third-order valence-corrected chi connectivity index (χ3v) is 5.05. The number of carbonyl (C=O) groups excluding carboxylic acids is 2. The molecule has 3 rings (SSSR count). The summed E-state index contributed by atoms with van der Waals surface area (Å²) < 4.78 is 0. The Hall–Kier alpha value is -1.85. The van der Waals surface area contributed by atoms with Gasteiger partial charge in [0.1, 0.15) is 5.38 Å². The quantitative estimate of drug-likeness (QED) is 0.654. The van der Waals surface area contributed by atoms with Crippen LogP contribution < -0.4 is 4.90 Å². The van der Waals surface area contributed by atoms with Crippen LogP contribution >= 0.6 is 23.2 Å². The number of rotatable bonds is 4. The number of carboxylic acid groups (broad SMARTS) is 1. The Morgan fingerprint density at radius 3 is 2.29 bits per heavy atom. The van der Waals surface area contributed by atoms with Crippen LogP contribution in [0.25, 0.3) is 0 Å². The van der Waals surface area contributed by atoms with Gasteiger partial charge in [-0.25, -0.2) is 4.90 Å². The predicted octanol–water partition coefficient (Wildman–Crippen LogP) is 3.32. The molecule has 0 spiro atoms. The third kappa shape index (κ3) is 2.94. The Kier molecular flexibility index (Phi) is 4.65. The SMILES string of the molecule is O=C(O)C(Cl)Cc1cc(N2C(=O)C3=C(CCCC3)C2=O)ccc1Cl. The van der Waals surface area contributed by atoms with Gasteiger partial charge in [-0.3, -0.25) is 14.4 Å². The van der Waals surface area contributed by atoms with E-state index in [0.29, 0.717) is 40.3 Å². The molecule has 5 nitrogen and oxygen atoms in total. The predicted molar refractivity (Wildman–Crippen MR) is 90.4 cm³/mol. The highest BCUT2D eigenvalue weighted by molar-refractivity contribution is 6.34. The Balaban J connectivity index is 1.92. The highest BCUT2D eigenvalue weighted by Gasteiger charge is 2.39. The first-order chi connectivity index (χ1) is 11.4. The van der Waals surface area contributed by atoms with Crippen LogP contribution in [0, 0.1) is 0 Å². The molecule has 0 bridgehead atoms. The van der Waals surface area contributed by atoms with Crippen LogP contribution in [-0.2, 0) is 20.8 Å². The van der Waals surface area contributed by atoms with Gasteiger partial charge in [0, 0.05) is 22.6 Å². The topological polar surface area (TPSA) is 74.7 Å². The second-order valence-corrected chi connectivity index (χ2v) is 6.83. The minimum atomic E-state index is -1.15. The summed E-state index contributed by atoms with van der Waals surface area (Å²) in [5.74, 6) is -1.73. The molecule has 0 fully saturated rings. The molecular formula is C17H15Cl2NO4. The average molecular weight is 368 g/mol. The van der Waals surface area contributed by atoms with Crippen molar-refractivity contribution in [2.45, 2.75) is 37.5 Å². The number of carboxylic acids is 1. The summed E-state index contributed by atoms with van der Waals surface area (Å²) in [6.07, 6.45) is 3.07. The van der Waals surface area contributed by atoms with Crippen molar-refractivity contribution in [1.29, 1.82) is 0 Å². The largest absolute Gasteiger partial charge is 0.480 e. The number of benzene rings is 1. The van der Waals surface area contributed by atoms with Gasteiger partial charge in [-0.15, -0.1) is 11.6 Å². The number of alkyl halides is 1. The fraction of sp³-hybridized carbons (Fsp3) is 0.353. The zero-order valence-corrected chi connectivity index (χ0v) is 14.2. The van der Waals surface area contributed by atoms with Gasteiger partial charge in [0.25, 0.3) is 11.8 Å². The number of aliphatic carboxylic acids is 1. The minimum Gasteiger partial charge on any atom is -0.480 e. The molecule has 1 heterocycles. The van der Waals surface area contributed by atoms with Crippen molar-refractivity contribution >= 4 is 46.7 Å². The van der Waals surface area contributed by atoms with Gasteiger partial charge in [0.2, 0.25) is 0 Å². The van der Waals surface area contributed by atoms with Crippen LogP contribution in [0.15, 0.2) is 29.3 Å². The fourth-order valence-corrected chi connectivity index (χ4v) is 3.47. The molecule has 1 aromatic carbocycles. The van der Waals surface area contributed by atoms with Crippen molar-refractivity contribution in [2.75, 3.05) is 4.90 Å². The monoisotopic (exact) mass is 367 g/mol. The number of amides is 2. The third-order valence-electron chi connectivity index (χ3n) is 4.34. The zero-order valence-electron chi connectivity index (χ0n) is 12.7. The van der Waals surface area contributed by atoms with Gasteiger partial charge < -0.3 is 5.11 Å². The Bertz CT molecular complexity index is 744.